The first-order valence-electron chi connectivity index (χ1n) is 5.59. The summed E-state index contributed by atoms with van der Waals surface area (Å²) in [5, 5.41) is 2.81. The normalized spacial score (nSPS) is 12.6. The predicted octanol–water partition coefficient (Wildman–Crippen LogP) is 1.59. The third-order valence-electron chi connectivity index (χ3n) is 2.38. The van der Waals surface area contributed by atoms with Crippen LogP contribution in [0.5, 0.6) is 0 Å². The molecule has 0 aliphatic heterocycles. The summed E-state index contributed by atoms with van der Waals surface area (Å²) in [5.41, 5.74) is -1.16. The van der Waals surface area contributed by atoms with E-state index < -0.39 is 26.7 Å². The fourth-order valence-electron chi connectivity index (χ4n) is 1.48. The van der Waals surface area contributed by atoms with Crippen LogP contribution < -0.4 is 10.0 Å². The molecular formula is C11H15F3N2O2S. The number of sulfonamides is 1. The van der Waals surface area contributed by atoms with Crippen molar-refractivity contribution in [3.63, 3.8) is 0 Å². The van der Waals surface area contributed by atoms with Crippen LogP contribution in [0.25, 0.3) is 0 Å². The Kier molecular flexibility index (Phi) is 5.33. The van der Waals surface area contributed by atoms with Crippen molar-refractivity contribution in [3.05, 3.63) is 29.8 Å². The molecule has 0 saturated heterocycles. The van der Waals surface area contributed by atoms with Gasteiger partial charge in [-0.05, 0) is 32.1 Å². The molecule has 0 aromatic heterocycles. The van der Waals surface area contributed by atoms with Crippen LogP contribution in [-0.4, -0.2) is 28.6 Å². The highest BCUT2D eigenvalue weighted by atomic mass is 32.2. The van der Waals surface area contributed by atoms with E-state index in [0.29, 0.717) is 13.0 Å². The number of hydrogen-bond donors (Lipinski definition) is 2. The van der Waals surface area contributed by atoms with Crippen molar-refractivity contribution in [1.29, 1.82) is 0 Å². The van der Waals surface area contributed by atoms with E-state index in [1.54, 1.807) is 7.05 Å². The summed E-state index contributed by atoms with van der Waals surface area (Å²) in [4.78, 5) is -0.744. The Morgan fingerprint density at radius 2 is 1.79 bits per heavy atom. The van der Waals surface area contributed by atoms with Crippen molar-refractivity contribution in [2.45, 2.75) is 17.5 Å². The van der Waals surface area contributed by atoms with Gasteiger partial charge >= 0.3 is 6.18 Å². The van der Waals surface area contributed by atoms with Gasteiger partial charge in [0.15, 0.2) is 0 Å². The molecule has 0 fully saturated rings. The first-order chi connectivity index (χ1) is 8.79. The summed E-state index contributed by atoms with van der Waals surface area (Å²) in [7, 11) is -2.45. The predicted molar refractivity (Wildman–Crippen MR) is 65.2 cm³/mol. The maximum Gasteiger partial charge on any atom is 0.417 e. The highest BCUT2D eigenvalue weighted by molar-refractivity contribution is 7.89. The Balaban J connectivity index is 2.96. The molecular weight excluding hydrogens is 281 g/mol. The third kappa shape index (κ3) is 4.48. The lowest BCUT2D eigenvalue weighted by Crippen LogP contribution is -2.28. The molecule has 0 atom stereocenters. The molecule has 0 amide bonds. The van der Waals surface area contributed by atoms with Crippen LogP contribution in [0.4, 0.5) is 13.2 Å². The van der Waals surface area contributed by atoms with Gasteiger partial charge in [-0.1, -0.05) is 12.1 Å². The summed E-state index contributed by atoms with van der Waals surface area (Å²) in [6.07, 6.45) is -4.21. The zero-order valence-corrected chi connectivity index (χ0v) is 11.1. The Labute approximate surface area is 110 Å². The van der Waals surface area contributed by atoms with E-state index in [-0.39, 0.29) is 6.54 Å². The molecule has 4 nitrogen and oxygen atoms in total. The molecule has 108 valence electrons. The Hall–Kier alpha value is -1.12. The highest BCUT2D eigenvalue weighted by Gasteiger charge is 2.36. The summed E-state index contributed by atoms with van der Waals surface area (Å²) in [5.74, 6) is 0. The van der Waals surface area contributed by atoms with Crippen LogP contribution in [0, 0.1) is 0 Å². The molecule has 0 bridgehead atoms. The molecule has 1 aromatic carbocycles. The van der Waals surface area contributed by atoms with Gasteiger partial charge in [0.25, 0.3) is 0 Å². The van der Waals surface area contributed by atoms with Crippen molar-refractivity contribution < 1.29 is 21.6 Å². The van der Waals surface area contributed by atoms with Gasteiger partial charge in [0.05, 0.1) is 10.5 Å². The largest absolute Gasteiger partial charge is 0.417 e. The Morgan fingerprint density at radius 1 is 1.16 bits per heavy atom. The Morgan fingerprint density at radius 3 is 2.37 bits per heavy atom. The second-order valence-corrected chi connectivity index (χ2v) is 5.58. The molecule has 2 N–H and O–H groups in total. The van der Waals surface area contributed by atoms with Crippen molar-refractivity contribution in [2.75, 3.05) is 20.1 Å². The van der Waals surface area contributed by atoms with Gasteiger partial charge in [-0.25, -0.2) is 13.1 Å². The first-order valence-corrected chi connectivity index (χ1v) is 7.08. The number of alkyl halides is 3. The van der Waals surface area contributed by atoms with E-state index in [1.165, 1.54) is 6.07 Å². The molecule has 0 unspecified atom stereocenters. The van der Waals surface area contributed by atoms with Crippen molar-refractivity contribution >= 4 is 10.0 Å². The fourth-order valence-corrected chi connectivity index (χ4v) is 2.78. The topological polar surface area (TPSA) is 58.2 Å². The number of halogens is 3. The molecule has 0 radical (unpaired) electrons. The third-order valence-corrected chi connectivity index (χ3v) is 3.90. The second kappa shape index (κ2) is 6.36. The second-order valence-electron chi connectivity index (χ2n) is 3.85. The average molecular weight is 296 g/mol. The van der Waals surface area contributed by atoms with Gasteiger partial charge in [0.2, 0.25) is 10.0 Å². The minimum Gasteiger partial charge on any atom is -0.320 e. The van der Waals surface area contributed by atoms with Gasteiger partial charge in [-0.15, -0.1) is 0 Å². The average Bonchev–Trinajstić information content (AvgIpc) is 2.34. The van der Waals surface area contributed by atoms with Gasteiger partial charge in [-0.3, -0.25) is 0 Å². The van der Waals surface area contributed by atoms with E-state index in [0.717, 1.165) is 18.2 Å². The van der Waals surface area contributed by atoms with Crippen LogP contribution in [0.2, 0.25) is 0 Å². The van der Waals surface area contributed by atoms with Gasteiger partial charge in [0.1, 0.15) is 0 Å². The van der Waals surface area contributed by atoms with E-state index in [9.17, 15) is 21.6 Å². The van der Waals surface area contributed by atoms with Crippen molar-refractivity contribution in [3.8, 4) is 0 Å². The maximum absolute atomic E-state index is 12.7. The molecule has 19 heavy (non-hydrogen) atoms. The smallest absolute Gasteiger partial charge is 0.320 e. The number of nitrogens with one attached hydrogen (secondary N) is 2. The molecule has 0 spiro atoms. The van der Waals surface area contributed by atoms with Gasteiger partial charge < -0.3 is 5.32 Å². The monoisotopic (exact) mass is 296 g/mol. The molecule has 1 rings (SSSR count). The lowest BCUT2D eigenvalue weighted by molar-refractivity contribution is -0.139. The number of hydrogen-bond acceptors (Lipinski definition) is 3. The van der Waals surface area contributed by atoms with Gasteiger partial charge in [-0.2, -0.15) is 13.2 Å². The summed E-state index contributed by atoms with van der Waals surface area (Å²) in [6.45, 7) is 0.652. The molecule has 0 aliphatic rings. The zero-order chi connectivity index (χ0) is 14.5. The van der Waals surface area contributed by atoms with E-state index >= 15 is 0 Å². The molecule has 0 heterocycles. The minimum atomic E-state index is -4.70. The van der Waals surface area contributed by atoms with Crippen LogP contribution in [0.15, 0.2) is 29.2 Å². The lowest BCUT2D eigenvalue weighted by atomic mass is 10.2. The highest BCUT2D eigenvalue weighted by Crippen LogP contribution is 2.33. The first kappa shape index (κ1) is 15.9. The van der Waals surface area contributed by atoms with Crippen LogP contribution in [0.1, 0.15) is 12.0 Å². The fraction of sp³-hybridized carbons (Fsp3) is 0.455. The van der Waals surface area contributed by atoms with Crippen LogP contribution >= 0.6 is 0 Å². The van der Waals surface area contributed by atoms with Crippen LogP contribution in [0.3, 0.4) is 0 Å². The zero-order valence-electron chi connectivity index (χ0n) is 10.3. The van der Waals surface area contributed by atoms with E-state index in [2.05, 4.69) is 10.0 Å². The summed E-state index contributed by atoms with van der Waals surface area (Å²) >= 11 is 0. The minimum absolute atomic E-state index is 0.0787. The number of benzene rings is 1. The Bertz CT molecular complexity index is 515. The maximum atomic E-state index is 12.7. The van der Waals surface area contributed by atoms with E-state index in [4.69, 9.17) is 0 Å². The quantitative estimate of drug-likeness (QED) is 0.784. The molecule has 8 heteroatoms. The van der Waals surface area contributed by atoms with E-state index in [1.807, 2.05) is 0 Å². The lowest BCUT2D eigenvalue weighted by Gasteiger charge is -2.13. The standard InChI is InChI=1S/C11H15F3N2O2S/c1-15-7-4-8-16-19(17,18)10-6-3-2-5-9(10)11(12,13)14/h2-3,5-6,15-16H,4,7-8H2,1H3. The summed E-state index contributed by atoms with van der Waals surface area (Å²) in [6, 6.07) is 4.12. The van der Waals surface area contributed by atoms with Crippen LogP contribution in [-0.2, 0) is 16.2 Å². The van der Waals surface area contributed by atoms with Crippen molar-refractivity contribution in [2.24, 2.45) is 0 Å². The molecule has 0 saturated carbocycles. The van der Waals surface area contributed by atoms with Crippen molar-refractivity contribution in [1.82, 2.24) is 10.0 Å². The molecule has 0 aliphatic carbocycles. The van der Waals surface area contributed by atoms with Gasteiger partial charge in [0, 0.05) is 6.54 Å². The SMILES string of the molecule is CNCCCNS(=O)(=O)c1ccccc1C(F)(F)F. The molecule has 1 aromatic rings. The number of rotatable bonds is 6. The summed E-state index contributed by atoms with van der Waals surface area (Å²) < 4.78 is 64.0.